The van der Waals surface area contributed by atoms with Crippen molar-refractivity contribution in [1.82, 2.24) is 9.80 Å². The monoisotopic (exact) mass is 469 g/mol. The predicted molar refractivity (Wildman–Crippen MR) is 126 cm³/mol. The first-order valence-electron chi connectivity index (χ1n) is 10.4. The van der Waals surface area contributed by atoms with Gasteiger partial charge in [0.05, 0.1) is 21.2 Å². The number of benzene rings is 3. The van der Waals surface area contributed by atoms with Crippen LogP contribution < -0.4 is 4.72 Å². The minimum atomic E-state index is -3.73. The summed E-state index contributed by atoms with van der Waals surface area (Å²) in [6.45, 7) is 3.66. The first kappa shape index (κ1) is 22.3. The Balaban J connectivity index is 1.38. The van der Waals surface area contributed by atoms with Crippen LogP contribution in [0.25, 0.3) is 0 Å². The molecule has 1 aliphatic rings. The molecule has 1 heterocycles. The highest BCUT2D eigenvalue weighted by atomic mass is 35.5. The van der Waals surface area contributed by atoms with E-state index in [4.69, 9.17) is 11.6 Å². The second kappa shape index (κ2) is 9.73. The molecule has 3 aromatic rings. The minimum absolute atomic E-state index is 0.146. The zero-order valence-corrected chi connectivity index (χ0v) is 19.0. The molecule has 1 fully saturated rings. The van der Waals surface area contributed by atoms with E-state index in [0.717, 1.165) is 19.6 Å². The number of anilines is 1. The summed E-state index contributed by atoms with van der Waals surface area (Å²) in [5, 5.41) is 0.218. The molecule has 0 unspecified atom stereocenters. The van der Waals surface area contributed by atoms with E-state index in [9.17, 15) is 13.2 Å². The van der Waals surface area contributed by atoms with E-state index in [0.29, 0.717) is 24.3 Å². The Labute approximate surface area is 193 Å². The van der Waals surface area contributed by atoms with Gasteiger partial charge in [0, 0.05) is 32.7 Å². The molecule has 1 N–H and O–H groups in total. The Morgan fingerprint density at radius 1 is 0.875 bits per heavy atom. The van der Waals surface area contributed by atoms with Crippen LogP contribution in [0.2, 0.25) is 5.02 Å². The van der Waals surface area contributed by atoms with Crippen LogP contribution in [0.5, 0.6) is 0 Å². The summed E-state index contributed by atoms with van der Waals surface area (Å²) in [5.41, 5.74) is 1.93. The van der Waals surface area contributed by atoms with Gasteiger partial charge in [-0.1, -0.05) is 60.1 Å². The normalized spacial score (nSPS) is 14.8. The van der Waals surface area contributed by atoms with Crippen LogP contribution in [0.4, 0.5) is 5.69 Å². The number of hydrogen-bond donors (Lipinski definition) is 1. The van der Waals surface area contributed by atoms with Crippen LogP contribution >= 0.6 is 11.6 Å². The van der Waals surface area contributed by atoms with E-state index in [1.807, 2.05) is 18.2 Å². The van der Waals surface area contributed by atoms with Crippen LogP contribution in [0.3, 0.4) is 0 Å². The van der Waals surface area contributed by atoms with Crippen molar-refractivity contribution < 1.29 is 13.2 Å². The molecule has 166 valence electrons. The summed E-state index contributed by atoms with van der Waals surface area (Å²) >= 11 is 6.36. The van der Waals surface area contributed by atoms with E-state index in [1.165, 1.54) is 23.8 Å². The van der Waals surface area contributed by atoms with Crippen molar-refractivity contribution in [3.8, 4) is 0 Å². The van der Waals surface area contributed by atoms with Gasteiger partial charge in [0.2, 0.25) is 0 Å². The number of nitrogens with one attached hydrogen (secondary N) is 1. The zero-order valence-electron chi connectivity index (χ0n) is 17.4. The van der Waals surface area contributed by atoms with Gasteiger partial charge >= 0.3 is 0 Å². The molecule has 6 nitrogen and oxygen atoms in total. The average Bonchev–Trinajstić information content (AvgIpc) is 2.80. The molecule has 0 spiro atoms. The standard InChI is InChI=1S/C24H24ClN3O3S/c25-23-17-20(26-32(30,31)21-9-5-2-6-10-21)11-12-22(23)24(29)28-15-13-27(14-16-28)18-19-7-3-1-4-8-19/h1-12,17,26H,13-16,18H2. The number of sulfonamides is 1. The maximum absolute atomic E-state index is 13.0. The number of piperazine rings is 1. The molecule has 32 heavy (non-hydrogen) atoms. The Hall–Kier alpha value is -2.87. The van der Waals surface area contributed by atoms with Gasteiger partial charge in [-0.05, 0) is 35.9 Å². The molecule has 0 aromatic heterocycles. The highest BCUT2D eigenvalue weighted by Crippen LogP contribution is 2.25. The number of rotatable bonds is 6. The van der Waals surface area contributed by atoms with E-state index in [2.05, 4.69) is 21.8 Å². The van der Waals surface area contributed by atoms with Crippen molar-refractivity contribution >= 4 is 33.2 Å². The number of carbonyl (C=O) groups excluding carboxylic acids is 1. The molecule has 4 rings (SSSR count). The van der Waals surface area contributed by atoms with E-state index in [1.54, 1.807) is 35.2 Å². The quantitative estimate of drug-likeness (QED) is 0.590. The predicted octanol–water partition coefficient (Wildman–Crippen LogP) is 4.10. The highest BCUT2D eigenvalue weighted by Gasteiger charge is 2.24. The summed E-state index contributed by atoms with van der Waals surface area (Å²) in [6.07, 6.45) is 0. The summed E-state index contributed by atoms with van der Waals surface area (Å²) in [7, 11) is -3.73. The van der Waals surface area contributed by atoms with Crippen molar-refractivity contribution in [3.63, 3.8) is 0 Å². The molecule has 1 saturated heterocycles. The summed E-state index contributed by atoms with van der Waals surface area (Å²) < 4.78 is 27.5. The molecule has 1 amide bonds. The summed E-state index contributed by atoms with van der Waals surface area (Å²) in [5.74, 6) is -0.146. The van der Waals surface area contributed by atoms with Gasteiger partial charge in [-0.25, -0.2) is 8.42 Å². The third-order valence-corrected chi connectivity index (χ3v) is 7.12. The summed E-state index contributed by atoms with van der Waals surface area (Å²) in [6, 6.07) is 23.0. The largest absolute Gasteiger partial charge is 0.336 e. The lowest BCUT2D eigenvalue weighted by Gasteiger charge is -2.35. The van der Waals surface area contributed by atoms with E-state index < -0.39 is 10.0 Å². The number of nitrogens with zero attached hydrogens (tertiary/aromatic N) is 2. The maximum atomic E-state index is 13.0. The van der Waals surface area contributed by atoms with Gasteiger partial charge in [0.15, 0.2) is 0 Å². The van der Waals surface area contributed by atoms with Crippen molar-refractivity contribution in [2.45, 2.75) is 11.4 Å². The van der Waals surface area contributed by atoms with Gasteiger partial charge < -0.3 is 4.90 Å². The fraction of sp³-hybridized carbons (Fsp3) is 0.208. The first-order chi connectivity index (χ1) is 15.4. The van der Waals surface area contributed by atoms with Crippen molar-refractivity contribution in [2.24, 2.45) is 0 Å². The molecule has 1 aliphatic heterocycles. The lowest BCUT2D eigenvalue weighted by Crippen LogP contribution is -2.48. The van der Waals surface area contributed by atoms with E-state index >= 15 is 0 Å². The third kappa shape index (κ3) is 5.30. The molecular formula is C24H24ClN3O3S. The number of hydrogen-bond acceptors (Lipinski definition) is 4. The van der Waals surface area contributed by atoms with Crippen LogP contribution in [-0.4, -0.2) is 50.3 Å². The van der Waals surface area contributed by atoms with E-state index in [-0.39, 0.29) is 15.8 Å². The fourth-order valence-electron chi connectivity index (χ4n) is 3.69. The average molecular weight is 470 g/mol. The van der Waals surface area contributed by atoms with Gasteiger partial charge in [0.1, 0.15) is 0 Å². The summed E-state index contributed by atoms with van der Waals surface area (Å²) in [4.78, 5) is 17.3. The SMILES string of the molecule is O=C(c1ccc(NS(=O)(=O)c2ccccc2)cc1Cl)N1CCN(Cc2ccccc2)CC1. The molecule has 0 atom stereocenters. The topological polar surface area (TPSA) is 69.7 Å². The molecule has 8 heteroatoms. The molecule has 0 saturated carbocycles. The smallest absolute Gasteiger partial charge is 0.261 e. The van der Waals surface area contributed by atoms with Crippen molar-refractivity contribution in [3.05, 3.63) is 95.0 Å². The number of amides is 1. The van der Waals surface area contributed by atoms with Crippen molar-refractivity contribution in [1.29, 1.82) is 0 Å². The zero-order chi connectivity index (χ0) is 22.6. The van der Waals surface area contributed by atoms with Crippen LogP contribution in [0, 0.1) is 0 Å². The lowest BCUT2D eigenvalue weighted by molar-refractivity contribution is 0.0628. The maximum Gasteiger partial charge on any atom is 0.261 e. The second-order valence-electron chi connectivity index (χ2n) is 7.67. The molecule has 0 aliphatic carbocycles. The van der Waals surface area contributed by atoms with Gasteiger partial charge in [-0.15, -0.1) is 0 Å². The first-order valence-corrected chi connectivity index (χ1v) is 12.2. The van der Waals surface area contributed by atoms with Gasteiger partial charge in [-0.2, -0.15) is 0 Å². The lowest BCUT2D eigenvalue weighted by atomic mass is 10.1. The third-order valence-electron chi connectivity index (χ3n) is 5.41. The number of carbonyl (C=O) groups is 1. The highest BCUT2D eigenvalue weighted by molar-refractivity contribution is 7.92. The molecule has 0 radical (unpaired) electrons. The van der Waals surface area contributed by atoms with Crippen LogP contribution in [0.1, 0.15) is 15.9 Å². The molecule has 3 aromatic carbocycles. The Morgan fingerprint density at radius 3 is 2.12 bits per heavy atom. The van der Waals surface area contributed by atoms with Gasteiger partial charge in [-0.3, -0.25) is 14.4 Å². The minimum Gasteiger partial charge on any atom is -0.336 e. The van der Waals surface area contributed by atoms with Gasteiger partial charge in [0.25, 0.3) is 15.9 Å². The Kier molecular flexibility index (Phi) is 6.79. The fourth-order valence-corrected chi connectivity index (χ4v) is 5.02. The second-order valence-corrected chi connectivity index (χ2v) is 9.76. The molecular weight excluding hydrogens is 446 g/mol. The number of halogens is 1. The van der Waals surface area contributed by atoms with Crippen LogP contribution in [0.15, 0.2) is 83.8 Å². The molecule has 0 bridgehead atoms. The Morgan fingerprint density at radius 2 is 1.50 bits per heavy atom. The van der Waals surface area contributed by atoms with Crippen LogP contribution in [-0.2, 0) is 16.6 Å². The van der Waals surface area contributed by atoms with Crippen molar-refractivity contribution in [2.75, 3.05) is 30.9 Å². The Bertz CT molecular complexity index is 1180.